The predicted octanol–water partition coefficient (Wildman–Crippen LogP) is 3.05. The van der Waals surface area contributed by atoms with Gasteiger partial charge in [-0.25, -0.2) is 14.3 Å². The maximum atomic E-state index is 11.4. The standard InChI is InChI=1S/C17H23N5O.C2HF3O2/c1-12(23)21-9-7-13(8-10-21)17-19-16-6-5-15(11-22(16)20-17)18-14-3-2-4-14;3-2(4,5)1(6)7/h5-6,11,13-14,18H,2-4,7-10H2,1H3;(H,6,7). The lowest BCUT2D eigenvalue weighted by Crippen LogP contribution is -2.36. The number of alkyl halides is 3. The second-order valence-electron chi connectivity index (χ2n) is 7.55. The van der Waals surface area contributed by atoms with Gasteiger partial charge in [-0.2, -0.15) is 18.3 Å². The van der Waals surface area contributed by atoms with Crippen molar-refractivity contribution in [3.05, 3.63) is 24.2 Å². The van der Waals surface area contributed by atoms with Crippen LogP contribution in [-0.4, -0.2) is 61.8 Å². The normalized spacial score (nSPS) is 17.8. The molecule has 2 fully saturated rings. The number of rotatable bonds is 3. The summed E-state index contributed by atoms with van der Waals surface area (Å²) in [6.07, 6.45) is 2.69. The molecular formula is C19H24F3N5O3. The van der Waals surface area contributed by atoms with Crippen LogP contribution in [-0.2, 0) is 9.59 Å². The van der Waals surface area contributed by atoms with Gasteiger partial charge in [0.25, 0.3) is 0 Å². The number of nitrogens with zero attached hydrogens (tertiary/aromatic N) is 4. The summed E-state index contributed by atoms with van der Waals surface area (Å²) in [7, 11) is 0. The zero-order chi connectivity index (χ0) is 21.9. The Morgan fingerprint density at radius 2 is 1.80 bits per heavy atom. The van der Waals surface area contributed by atoms with Crippen molar-refractivity contribution >= 4 is 23.2 Å². The highest BCUT2D eigenvalue weighted by atomic mass is 19.4. The van der Waals surface area contributed by atoms with Gasteiger partial charge in [0.05, 0.1) is 11.9 Å². The van der Waals surface area contributed by atoms with Crippen LogP contribution in [0.4, 0.5) is 18.9 Å². The first-order chi connectivity index (χ1) is 14.1. The van der Waals surface area contributed by atoms with Gasteiger partial charge in [-0.1, -0.05) is 0 Å². The Morgan fingerprint density at radius 3 is 2.30 bits per heavy atom. The molecule has 2 N–H and O–H groups in total. The zero-order valence-corrected chi connectivity index (χ0v) is 16.5. The van der Waals surface area contributed by atoms with Gasteiger partial charge < -0.3 is 15.3 Å². The van der Waals surface area contributed by atoms with Gasteiger partial charge in [0.1, 0.15) is 0 Å². The predicted molar refractivity (Wildman–Crippen MR) is 102 cm³/mol. The number of fused-ring (bicyclic) bond motifs is 1. The fourth-order valence-electron chi connectivity index (χ4n) is 3.40. The van der Waals surface area contributed by atoms with Crippen LogP contribution in [0.25, 0.3) is 5.65 Å². The highest BCUT2D eigenvalue weighted by molar-refractivity contribution is 5.73. The van der Waals surface area contributed by atoms with Crippen LogP contribution in [0, 0.1) is 0 Å². The molecule has 2 aromatic rings. The monoisotopic (exact) mass is 427 g/mol. The molecule has 1 saturated heterocycles. The molecule has 0 unspecified atom stereocenters. The number of likely N-dealkylation sites (tertiary alicyclic amines) is 1. The topological polar surface area (TPSA) is 99.8 Å². The summed E-state index contributed by atoms with van der Waals surface area (Å²) >= 11 is 0. The maximum absolute atomic E-state index is 11.4. The number of aromatic nitrogens is 3. The van der Waals surface area contributed by atoms with E-state index in [9.17, 15) is 18.0 Å². The molecular weight excluding hydrogens is 403 g/mol. The van der Waals surface area contributed by atoms with Gasteiger partial charge in [0.2, 0.25) is 5.91 Å². The van der Waals surface area contributed by atoms with Gasteiger partial charge in [-0.05, 0) is 44.2 Å². The van der Waals surface area contributed by atoms with Crippen LogP contribution in [0.5, 0.6) is 0 Å². The molecule has 1 aliphatic carbocycles. The summed E-state index contributed by atoms with van der Waals surface area (Å²) in [6.45, 7) is 3.26. The number of carboxylic acids is 1. The van der Waals surface area contributed by atoms with Crippen molar-refractivity contribution in [1.29, 1.82) is 0 Å². The van der Waals surface area contributed by atoms with E-state index < -0.39 is 12.1 Å². The molecule has 11 heteroatoms. The van der Waals surface area contributed by atoms with Crippen LogP contribution in [0.15, 0.2) is 18.3 Å². The van der Waals surface area contributed by atoms with Crippen molar-refractivity contribution in [3.63, 3.8) is 0 Å². The molecule has 0 atom stereocenters. The van der Waals surface area contributed by atoms with Gasteiger partial charge in [0.15, 0.2) is 11.5 Å². The number of nitrogens with one attached hydrogen (secondary N) is 1. The minimum absolute atomic E-state index is 0.165. The minimum atomic E-state index is -5.08. The molecule has 0 spiro atoms. The Morgan fingerprint density at radius 1 is 1.17 bits per heavy atom. The van der Waals surface area contributed by atoms with E-state index in [-0.39, 0.29) is 5.91 Å². The molecule has 2 aromatic heterocycles. The maximum Gasteiger partial charge on any atom is 0.490 e. The summed E-state index contributed by atoms with van der Waals surface area (Å²) in [6, 6.07) is 4.73. The third-order valence-corrected chi connectivity index (χ3v) is 5.37. The van der Waals surface area contributed by atoms with Crippen molar-refractivity contribution in [2.75, 3.05) is 18.4 Å². The number of pyridine rings is 1. The van der Waals surface area contributed by atoms with E-state index in [2.05, 4.69) is 21.5 Å². The molecule has 0 aromatic carbocycles. The van der Waals surface area contributed by atoms with Crippen molar-refractivity contribution < 1.29 is 27.9 Å². The first-order valence-corrected chi connectivity index (χ1v) is 9.82. The Balaban J connectivity index is 0.000000318. The average molecular weight is 427 g/mol. The number of halogens is 3. The summed E-state index contributed by atoms with van der Waals surface area (Å²) in [4.78, 5) is 26.9. The third-order valence-electron chi connectivity index (χ3n) is 5.37. The van der Waals surface area contributed by atoms with Gasteiger partial charge in [-0.3, -0.25) is 4.79 Å². The smallest absolute Gasteiger partial charge is 0.475 e. The number of anilines is 1. The zero-order valence-electron chi connectivity index (χ0n) is 16.5. The van der Waals surface area contributed by atoms with E-state index >= 15 is 0 Å². The van der Waals surface area contributed by atoms with Gasteiger partial charge in [0, 0.05) is 32.0 Å². The summed E-state index contributed by atoms with van der Waals surface area (Å²) in [5, 5.41) is 15.3. The lowest BCUT2D eigenvalue weighted by molar-refractivity contribution is -0.192. The molecule has 1 amide bonds. The number of aliphatic carboxylic acids is 1. The molecule has 2 aliphatic rings. The number of carboxylic acid groups (broad SMARTS) is 1. The molecule has 164 valence electrons. The summed E-state index contributed by atoms with van der Waals surface area (Å²) in [5.74, 6) is -1.33. The second kappa shape index (κ2) is 8.88. The molecule has 3 heterocycles. The number of amides is 1. The number of carbonyl (C=O) groups excluding carboxylic acids is 1. The number of hydrogen-bond donors (Lipinski definition) is 2. The molecule has 0 radical (unpaired) electrons. The van der Waals surface area contributed by atoms with Crippen molar-refractivity contribution in [3.8, 4) is 0 Å². The minimum Gasteiger partial charge on any atom is -0.475 e. The van der Waals surface area contributed by atoms with E-state index in [0.717, 1.165) is 43.1 Å². The Labute approximate surface area is 171 Å². The largest absolute Gasteiger partial charge is 0.490 e. The SMILES string of the molecule is CC(=O)N1CCC(c2nc3ccc(NC4CCC4)cn3n2)CC1.O=C(O)C(F)(F)F. The van der Waals surface area contributed by atoms with Crippen molar-refractivity contribution in [1.82, 2.24) is 19.5 Å². The lowest BCUT2D eigenvalue weighted by Gasteiger charge is -2.29. The van der Waals surface area contributed by atoms with Gasteiger partial charge >= 0.3 is 12.1 Å². The number of piperidine rings is 1. The molecule has 1 saturated carbocycles. The number of carbonyl (C=O) groups is 2. The fourth-order valence-corrected chi connectivity index (χ4v) is 3.40. The molecule has 30 heavy (non-hydrogen) atoms. The Kier molecular flexibility index (Phi) is 6.47. The first-order valence-electron chi connectivity index (χ1n) is 9.82. The quantitative estimate of drug-likeness (QED) is 0.781. The summed E-state index contributed by atoms with van der Waals surface area (Å²) in [5.41, 5.74) is 2.01. The Bertz CT molecular complexity index is 902. The van der Waals surface area contributed by atoms with Gasteiger partial charge in [-0.15, -0.1) is 0 Å². The van der Waals surface area contributed by atoms with Crippen LogP contribution >= 0.6 is 0 Å². The second-order valence-corrected chi connectivity index (χ2v) is 7.55. The van der Waals surface area contributed by atoms with E-state index in [0.29, 0.717) is 12.0 Å². The summed E-state index contributed by atoms with van der Waals surface area (Å²) < 4.78 is 33.6. The molecule has 8 nitrogen and oxygen atoms in total. The average Bonchev–Trinajstić information content (AvgIpc) is 3.08. The van der Waals surface area contributed by atoms with Crippen molar-refractivity contribution in [2.45, 2.75) is 57.2 Å². The van der Waals surface area contributed by atoms with E-state index in [1.54, 1.807) is 6.92 Å². The van der Waals surface area contributed by atoms with Crippen LogP contribution < -0.4 is 5.32 Å². The molecule has 1 aliphatic heterocycles. The van der Waals surface area contributed by atoms with Crippen molar-refractivity contribution in [2.24, 2.45) is 0 Å². The highest BCUT2D eigenvalue weighted by Gasteiger charge is 2.38. The molecule has 4 rings (SSSR count). The van der Waals surface area contributed by atoms with E-state index in [4.69, 9.17) is 9.90 Å². The highest BCUT2D eigenvalue weighted by Crippen LogP contribution is 2.27. The fraction of sp³-hybridized carbons (Fsp3) is 0.579. The number of hydrogen-bond acceptors (Lipinski definition) is 5. The Hall–Kier alpha value is -2.85. The third kappa shape index (κ3) is 5.39. The van der Waals surface area contributed by atoms with Crippen LogP contribution in [0.2, 0.25) is 0 Å². The van der Waals surface area contributed by atoms with Crippen LogP contribution in [0.1, 0.15) is 50.8 Å². The lowest BCUT2D eigenvalue weighted by atomic mass is 9.93. The van der Waals surface area contributed by atoms with Crippen LogP contribution in [0.3, 0.4) is 0 Å². The van der Waals surface area contributed by atoms with E-state index in [1.807, 2.05) is 21.7 Å². The first kappa shape index (κ1) is 21.8. The molecule has 0 bridgehead atoms. The van der Waals surface area contributed by atoms with E-state index in [1.165, 1.54) is 19.3 Å².